The van der Waals surface area contributed by atoms with Crippen molar-refractivity contribution in [3.63, 3.8) is 0 Å². The van der Waals surface area contributed by atoms with Crippen molar-refractivity contribution in [1.29, 1.82) is 0 Å². The Morgan fingerprint density at radius 3 is 2.41 bits per heavy atom. The summed E-state index contributed by atoms with van der Waals surface area (Å²) in [5, 5.41) is 8.83. The van der Waals surface area contributed by atoms with Crippen LogP contribution in [0.15, 0.2) is 48.5 Å². The third kappa shape index (κ3) is 4.09. The first-order valence-corrected chi connectivity index (χ1v) is 6.82. The monoisotopic (exact) mass is 300 g/mol. The minimum absolute atomic E-state index is 0.230. The Morgan fingerprint density at radius 2 is 1.77 bits per heavy atom. The Labute approximate surface area is 128 Å². The maximum atomic E-state index is 11.6. The normalized spacial score (nSPS) is 10.0. The molecule has 2 rings (SSSR count). The molecule has 2 aromatic carbocycles. The molecule has 0 aliphatic carbocycles. The first-order valence-electron chi connectivity index (χ1n) is 6.82. The summed E-state index contributed by atoms with van der Waals surface area (Å²) in [5.41, 5.74) is 1.50. The number of rotatable bonds is 6. The fraction of sp³-hybridized carbons (Fsp3) is 0.176. The molecule has 22 heavy (non-hydrogen) atoms. The molecule has 0 radical (unpaired) electrons. The van der Waals surface area contributed by atoms with Crippen molar-refractivity contribution in [2.75, 3.05) is 6.61 Å². The van der Waals surface area contributed by atoms with Crippen LogP contribution in [0.1, 0.15) is 33.2 Å². The number of benzene rings is 2. The van der Waals surface area contributed by atoms with Crippen LogP contribution in [-0.2, 0) is 11.3 Å². The van der Waals surface area contributed by atoms with Crippen LogP contribution in [0.3, 0.4) is 0 Å². The van der Waals surface area contributed by atoms with Crippen LogP contribution >= 0.6 is 0 Å². The molecule has 0 spiro atoms. The summed E-state index contributed by atoms with van der Waals surface area (Å²) >= 11 is 0. The second kappa shape index (κ2) is 7.26. The molecule has 1 N–H and O–H groups in total. The first kappa shape index (κ1) is 15.6. The maximum Gasteiger partial charge on any atom is 0.338 e. The van der Waals surface area contributed by atoms with Crippen molar-refractivity contribution in [2.45, 2.75) is 13.5 Å². The third-order valence-electron chi connectivity index (χ3n) is 2.95. The lowest BCUT2D eigenvalue weighted by Gasteiger charge is -2.08. The van der Waals surface area contributed by atoms with E-state index in [0.29, 0.717) is 17.9 Å². The lowest BCUT2D eigenvalue weighted by atomic mass is 10.1. The summed E-state index contributed by atoms with van der Waals surface area (Å²) in [7, 11) is 0. The first-order chi connectivity index (χ1) is 10.6. The average molecular weight is 300 g/mol. The predicted octanol–water partition coefficient (Wildman–Crippen LogP) is 3.14. The second-order valence-corrected chi connectivity index (χ2v) is 4.54. The van der Waals surface area contributed by atoms with Crippen molar-refractivity contribution < 1.29 is 24.2 Å². The number of carboxylic acid groups (broad SMARTS) is 1. The zero-order valence-corrected chi connectivity index (χ0v) is 12.1. The van der Waals surface area contributed by atoms with Gasteiger partial charge in [0.15, 0.2) is 0 Å². The molecular formula is C17H16O5. The van der Waals surface area contributed by atoms with E-state index in [-0.39, 0.29) is 12.2 Å². The summed E-state index contributed by atoms with van der Waals surface area (Å²) in [5.74, 6) is -0.804. The molecule has 0 aromatic heterocycles. The van der Waals surface area contributed by atoms with E-state index in [0.717, 1.165) is 5.56 Å². The number of carbonyl (C=O) groups is 2. The number of aromatic carboxylic acids is 1. The topological polar surface area (TPSA) is 72.8 Å². The molecule has 0 heterocycles. The molecule has 0 unspecified atom stereocenters. The van der Waals surface area contributed by atoms with Crippen LogP contribution in [0, 0.1) is 0 Å². The summed E-state index contributed by atoms with van der Waals surface area (Å²) in [6, 6.07) is 13.2. The zero-order valence-electron chi connectivity index (χ0n) is 12.1. The Hall–Kier alpha value is -2.82. The van der Waals surface area contributed by atoms with Gasteiger partial charge in [0.1, 0.15) is 12.4 Å². The van der Waals surface area contributed by atoms with Gasteiger partial charge in [-0.25, -0.2) is 9.59 Å². The van der Waals surface area contributed by atoms with Gasteiger partial charge in [0.2, 0.25) is 0 Å². The quantitative estimate of drug-likeness (QED) is 0.830. The standard InChI is InChI=1S/C17H16O5/c1-2-21-17(20)14-4-3-5-15(10-14)22-11-12-6-8-13(9-7-12)16(18)19/h3-10H,2,11H2,1H3,(H,18,19). The number of hydrogen-bond donors (Lipinski definition) is 1. The van der Waals surface area contributed by atoms with Gasteiger partial charge in [0.25, 0.3) is 0 Å². The van der Waals surface area contributed by atoms with Crippen LogP contribution in [0.5, 0.6) is 5.75 Å². The molecule has 0 atom stereocenters. The molecule has 2 aromatic rings. The van der Waals surface area contributed by atoms with Crippen molar-refractivity contribution in [3.05, 3.63) is 65.2 Å². The Morgan fingerprint density at radius 1 is 1.05 bits per heavy atom. The molecular weight excluding hydrogens is 284 g/mol. The van der Waals surface area contributed by atoms with Gasteiger partial charge >= 0.3 is 11.9 Å². The molecule has 0 fully saturated rings. The van der Waals surface area contributed by atoms with E-state index in [4.69, 9.17) is 14.6 Å². The fourth-order valence-corrected chi connectivity index (χ4v) is 1.84. The number of carboxylic acids is 1. The average Bonchev–Trinajstić information content (AvgIpc) is 2.54. The van der Waals surface area contributed by atoms with E-state index in [2.05, 4.69) is 0 Å². The molecule has 0 saturated carbocycles. The van der Waals surface area contributed by atoms with Gasteiger partial charge < -0.3 is 14.6 Å². The van der Waals surface area contributed by atoms with Crippen LogP contribution in [0.2, 0.25) is 0 Å². The molecule has 0 aliphatic rings. The van der Waals surface area contributed by atoms with Gasteiger partial charge in [-0.2, -0.15) is 0 Å². The van der Waals surface area contributed by atoms with Crippen molar-refractivity contribution >= 4 is 11.9 Å². The van der Waals surface area contributed by atoms with Gasteiger partial charge in [-0.1, -0.05) is 18.2 Å². The number of carbonyl (C=O) groups excluding carboxylic acids is 1. The molecule has 5 heteroatoms. The van der Waals surface area contributed by atoms with Crippen LogP contribution in [0.4, 0.5) is 0 Å². The third-order valence-corrected chi connectivity index (χ3v) is 2.95. The molecule has 0 amide bonds. The molecule has 114 valence electrons. The Balaban J connectivity index is 2.00. The highest BCUT2D eigenvalue weighted by molar-refractivity contribution is 5.89. The zero-order chi connectivity index (χ0) is 15.9. The summed E-state index contributed by atoms with van der Waals surface area (Å²) in [6.45, 7) is 2.35. The molecule has 0 bridgehead atoms. The Bertz CT molecular complexity index is 661. The van der Waals surface area contributed by atoms with E-state index in [1.807, 2.05) is 0 Å². The van der Waals surface area contributed by atoms with Crippen LogP contribution in [0.25, 0.3) is 0 Å². The van der Waals surface area contributed by atoms with E-state index < -0.39 is 11.9 Å². The van der Waals surface area contributed by atoms with E-state index in [9.17, 15) is 9.59 Å². The van der Waals surface area contributed by atoms with Crippen molar-refractivity contribution in [1.82, 2.24) is 0 Å². The van der Waals surface area contributed by atoms with Gasteiger partial charge in [0, 0.05) is 0 Å². The van der Waals surface area contributed by atoms with E-state index in [1.54, 1.807) is 43.3 Å². The largest absolute Gasteiger partial charge is 0.489 e. The lowest BCUT2D eigenvalue weighted by molar-refractivity contribution is 0.0525. The lowest BCUT2D eigenvalue weighted by Crippen LogP contribution is -2.05. The minimum Gasteiger partial charge on any atom is -0.489 e. The minimum atomic E-state index is -0.963. The summed E-state index contributed by atoms with van der Waals surface area (Å²) in [6.07, 6.45) is 0. The van der Waals surface area contributed by atoms with Crippen molar-refractivity contribution in [3.8, 4) is 5.75 Å². The van der Waals surface area contributed by atoms with E-state index in [1.165, 1.54) is 12.1 Å². The molecule has 5 nitrogen and oxygen atoms in total. The SMILES string of the molecule is CCOC(=O)c1cccc(OCc2ccc(C(=O)O)cc2)c1. The number of hydrogen-bond acceptors (Lipinski definition) is 4. The van der Waals surface area contributed by atoms with Gasteiger partial charge in [-0.05, 0) is 42.8 Å². The van der Waals surface area contributed by atoms with Crippen LogP contribution < -0.4 is 4.74 Å². The van der Waals surface area contributed by atoms with Gasteiger partial charge in [0.05, 0.1) is 17.7 Å². The molecule has 0 aliphatic heterocycles. The molecule has 0 saturated heterocycles. The highest BCUT2D eigenvalue weighted by atomic mass is 16.5. The summed E-state index contributed by atoms with van der Waals surface area (Å²) in [4.78, 5) is 22.4. The number of esters is 1. The second-order valence-electron chi connectivity index (χ2n) is 4.54. The predicted molar refractivity (Wildman–Crippen MR) is 80.1 cm³/mol. The van der Waals surface area contributed by atoms with Crippen molar-refractivity contribution in [2.24, 2.45) is 0 Å². The van der Waals surface area contributed by atoms with Gasteiger partial charge in [-0.3, -0.25) is 0 Å². The van der Waals surface area contributed by atoms with Gasteiger partial charge in [-0.15, -0.1) is 0 Å². The highest BCUT2D eigenvalue weighted by Crippen LogP contribution is 2.16. The summed E-state index contributed by atoms with van der Waals surface area (Å²) < 4.78 is 10.5. The smallest absolute Gasteiger partial charge is 0.338 e. The van der Waals surface area contributed by atoms with Crippen LogP contribution in [-0.4, -0.2) is 23.7 Å². The fourth-order valence-electron chi connectivity index (χ4n) is 1.84. The van der Waals surface area contributed by atoms with E-state index >= 15 is 0 Å². The highest BCUT2D eigenvalue weighted by Gasteiger charge is 2.07. The number of ether oxygens (including phenoxy) is 2. The Kier molecular flexibility index (Phi) is 5.14. The maximum absolute atomic E-state index is 11.6.